The standard InChI is InChI=1S/C31H34N2O4.2ClH/c1-23-29(34)25-13-10-16-28(31(25)37-30(23)24-11-4-3-5-12-24)36-22-9-8-17-32-18-20-33(21-19-32)26-14-6-7-15-27(26)35-2;;/h3-7,10-16H,8-9,17-22H2,1-2H3;2*1H. The van der Waals surface area contributed by atoms with Crippen LogP contribution in [0.2, 0.25) is 0 Å². The normalized spacial score (nSPS) is 13.4. The third-order valence-corrected chi connectivity index (χ3v) is 7.07. The lowest BCUT2D eigenvalue weighted by atomic mass is 10.1. The molecule has 1 fully saturated rings. The molecule has 208 valence electrons. The molecule has 3 aromatic carbocycles. The predicted octanol–water partition coefficient (Wildman–Crippen LogP) is 6.60. The molecule has 0 atom stereocenters. The average molecular weight is 572 g/mol. The summed E-state index contributed by atoms with van der Waals surface area (Å²) in [4.78, 5) is 18.0. The number of methoxy groups -OCH3 is 1. The summed E-state index contributed by atoms with van der Waals surface area (Å²) in [7, 11) is 1.73. The van der Waals surface area contributed by atoms with E-state index in [0.717, 1.165) is 56.9 Å². The molecule has 8 heteroatoms. The number of unbranched alkanes of at least 4 members (excludes halogenated alkanes) is 1. The summed E-state index contributed by atoms with van der Waals surface area (Å²) in [6, 6.07) is 23.5. The summed E-state index contributed by atoms with van der Waals surface area (Å²) in [5, 5.41) is 0.558. The highest BCUT2D eigenvalue weighted by Gasteiger charge is 2.19. The fraction of sp³-hybridized carbons (Fsp3) is 0.323. The fourth-order valence-electron chi connectivity index (χ4n) is 4.99. The third kappa shape index (κ3) is 6.88. The Kier molecular flexibility index (Phi) is 11.1. The predicted molar refractivity (Wildman–Crippen MR) is 164 cm³/mol. The molecule has 0 spiro atoms. The second-order valence-electron chi connectivity index (χ2n) is 9.44. The van der Waals surface area contributed by atoms with Gasteiger partial charge in [0, 0.05) is 37.3 Å². The molecular weight excluding hydrogens is 535 g/mol. The molecule has 1 saturated heterocycles. The number of halogens is 2. The Labute approximate surface area is 242 Å². The molecule has 6 nitrogen and oxygen atoms in total. The molecule has 0 bridgehead atoms. The van der Waals surface area contributed by atoms with Crippen molar-refractivity contribution < 1.29 is 13.9 Å². The van der Waals surface area contributed by atoms with Crippen LogP contribution in [-0.4, -0.2) is 51.3 Å². The van der Waals surface area contributed by atoms with Crippen LogP contribution in [0, 0.1) is 6.92 Å². The van der Waals surface area contributed by atoms with Gasteiger partial charge in [0.25, 0.3) is 0 Å². The Balaban J connectivity index is 0.00000210. The lowest BCUT2D eigenvalue weighted by Gasteiger charge is -2.36. The highest BCUT2D eigenvalue weighted by Crippen LogP contribution is 2.31. The van der Waals surface area contributed by atoms with Gasteiger partial charge in [0.15, 0.2) is 16.8 Å². The van der Waals surface area contributed by atoms with Crippen molar-refractivity contribution in [3.8, 4) is 22.8 Å². The van der Waals surface area contributed by atoms with Gasteiger partial charge in [-0.25, -0.2) is 0 Å². The molecule has 0 radical (unpaired) electrons. The zero-order valence-corrected chi connectivity index (χ0v) is 24.1. The zero-order chi connectivity index (χ0) is 25.6. The largest absolute Gasteiger partial charge is 0.495 e. The SMILES string of the molecule is COc1ccccc1N1CCN(CCCCOc2cccc3c(=O)c(C)c(-c4ccccc4)oc23)CC1.Cl.Cl. The Morgan fingerprint density at radius 3 is 2.26 bits per heavy atom. The molecule has 1 aliphatic heterocycles. The van der Waals surface area contributed by atoms with E-state index in [-0.39, 0.29) is 30.2 Å². The fourth-order valence-corrected chi connectivity index (χ4v) is 4.99. The van der Waals surface area contributed by atoms with E-state index in [1.54, 1.807) is 13.2 Å². The van der Waals surface area contributed by atoms with E-state index in [0.29, 0.717) is 34.6 Å². The van der Waals surface area contributed by atoms with Gasteiger partial charge in [0.2, 0.25) is 0 Å². The number of benzene rings is 3. The lowest BCUT2D eigenvalue weighted by molar-refractivity contribution is 0.238. The van der Waals surface area contributed by atoms with Crippen LogP contribution in [0.4, 0.5) is 5.69 Å². The number of fused-ring (bicyclic) bond motifs is 1. The maximum Gasteiger partial charge on any atom is 0.196 e. The van der Waals surface area contributed by atoms with Gasteiger partial charge in [0.1, 0.15) is 11.5 Å². The Hall–Kier alpha value is -3.19. The van der Waals surface area contributed by atoms with Crippen molar-refractivity contribution >= 4 is 41.5 Å². The minimum absolute atomic E-state index is 0. The van der Waals surface area contributed by atoms with Gasteiger partial charge in [-0.2, -0.15) is 0 Å². The van der Waals surface area contributed by atoms with Gasteiger partial charge < -0.3 is 18.8 Å². The van der Waals surface area contributed by atoms with Crippen molar-refractivity contribution in [1.82, 2.24) is 4.90 Å². The maximum absolute atomic E-state index is 13.0. The molecule has 5 rings (SSSR count). The smallest absolute Gasteiger partial charge is 0.196 e. The molecular formula is C31H36Cl2N2O4. The first-order valence-corrected chi connectivity index (χ1v) is 13.0. The van der Waals surface area contributed by atoms with Gasteiger partial charge in [-0.15, -0.1) is 24.8 Å². The van der Waals surface area contributed by atoms with Gasteiger partial charge in [-0.1, -0.05) is 48.5 Å². The summed E-state index contributed by atoms with van der Waals surface area (Å²) in [5.74, 6) is 2.15. The highest BCUT2D eigenvalue weighted by atomic mass is 35.5. The highest BCUT2D eigenvalue weighted by molar-refractivity contribution is 5.86. The molecule has 0 N–H and O–H groups in total. The average Bonchev–Trinajstić information content (AvgIpc) is 2.95. The second-order valence-corrected chi connectivity index (χ2v) is 9.44. The van der Waals surface area contributed by atoms with Gasteiger partial charge in [-0.05, 0) is 50.6 Å². The summed E-state index contributed by atoms with van der Waals surface area (Å²) < 4.78 is 17.9. The molecule has 1 aromatic heterocycles. The van der Waals surface area contributed by atoms with Gasteiger partial charge in [-0.3, -0.25) is 9.69 Å². The van der Waals surface area contributed by atoms with Crippen LogP contribution in [0.25, 0.3) is 22.3 Å². The number of hydrogen-bond donors (Lipinski definition) is 0. The van der Waals surface area contributed by atoms with Crippen molar-refractivity contribution in [3.05, 3.63) is 88.6 Å². The van der Waals surface area contributed by atoms with Crippen LogP contribution in [-0.2, 0) is 0 Å². The van der Waals surface area contributed by atoms with E-state index in [2.05, 4.69) is 21.9 Å². The van der Waals surface area contributed by atoms with E-state index in [9.17, 15) is 4.79 Å². The van der Waals surface area contributed by atoms with Gasteiger partial charge in [0.05, 0.1) is 24.8 Å². The lowest BCUT2D eigenvalue weighted by Crippen LogP contribution is -2.46. The van der Waals surface area contributed by atoms with Crippen molar-refractivity contribution in [3.63, 3.8) is 0 Å². The third-order valence-electron chi connectivity index (χ3n) is 7.07. The van der Waals surface area contributed by atoms with Crippen LogP contribution in [0.1, 0.15) is 18.4 Å². The van der Waals surface area contributed by atoms with Crippen molar-refractivity contribution in [2.45, 2.75) is 19.8 Å². The van der Waals surface area contributed by atoms with Crippen molar-refractivity contribution in [2.75, 3.05) is 51.3 Å². The quantitative estimate of drug-likeness (QED) is 0.211. The maximum atomic E-state index is 13.0. The number of hydrogen-bond acceptors (Lipinski definition) is 6. The molecule has 0 saturated carbocycles. The minimum atomic E-state index is -0.0159. The van der Waals surface area contributed by atoms with Crippen molar-refractivity contribution in [2.24, 2.45) is 0 Å². The first-order valence-electron chi connectivity index (χ1n) is 13.0. The molecule has 0 aliphatic carbocycles. The number of piperazine rings is 1. The first kappa shape index (κ1) is 30.4. The van der Waals surface area contributed by atoms with Crippen LogP contribution in [0.3, 0.4) is 0 Å². The summed E-state index contributed by atoms with van der Waals surface area (Å²) in [6.45, 7) is 7.51. The summed E-state index contributed by atoms with van der Waals surface area (Å²) in [6.07, 6.45) is 1.99. The summed E-state index contributed by atoms with van der Waals surface area (Å²) in [5.41, 5.74) is 3.17. The van der Waals surface area contributed by atoms with Crippen LogP contribution >= 0.6 is 24.8 Å². The van der Waals surface area contributed by atoms with E-state index in [4.69, 9.17) is 13.9 Å². The Bertz CT molecular complexity index is 1400. The van der Waals surface area contributed by atoms with Crippen LogP contribution in [0.15, 0.2) is 82.0 Å². The van der Waals surface area contributed by atoms with Gasteiger partial charge >= 0.3 is 0 Å². The molecule has 2 heterocycles. The second kappa shape index (κ2) is 14.3. The van der Waals surface area contributed by atoms with Crippen molar-refractivity contribution in [1.29, 1.82) is 0 Å². The topological polar surface area (TPSA) is 55.2 Å². The Morgan fingerprint density at radius 2 is 1.51 bits per heavy atom. The zero-order valence-electron chi connectivity index (χ0n) is 22.4. The molecule has 1 aliphatic rings. The number of rotatable bonds is 9. The number of nitrogens with zero attached hydrogens (tertiary/aromatic N) is 2. The molecule has 0 amide bonds. The van der Waals surface area contributed by atoms with E-state index >= 15 is 0 Å². The monoisotopic (exact) mass is 570 g/mol. The van der Waals surface area contributed by atoms with Crippen LogP contribution < -0.4 is 19.8 Å². The van der Waals surface area contributed by atoms with Crippen LogP contribution in [0.5, 0.6) is 11.5 Å². The molecule has 4 aromatic rings. The van der Waals surface area contributed by atoms with E-state index in [1.807, 2.05) is 61.5 Å². The Morgan fingerprint density at radius 1 is 0.821 bits per heavy atom. The van der Waals surface area contributed by atoms with E-state index < -0.39 is 0 Å². The number of para-hydroxylation sites is 3. The summed E-state index contributed by atoms with van der Waals surface area (Å²) >= 11 is 0. The number of ether oxygens (including phenoxy) is 2. The number of anilines is 1. The molecule has 39 heavy (non-hydrogen) atoms. The molecule has 0 unspecified atom stereocenters. The minimum Gasteiger partial charge on any atom is -0.495 e. The first-order chi connectivity index (χ1) is 18.2. The van der Waals surface area contributed by atoms with E-state index in [1.165, 1.54) is 5.69 Å².